The largest absolute Gasteiger partial charge is 0.462 e. The molecule has 1 aromatic rings. The molecule has 9 nitrogen and oxygen atoms in total. The summed E-state index contributed by atoms with van der Waals surface area (Å²) in [6, 6.07) is 2.07. The Morgan fingerprint density at radius 2 is 1.46 bits per heavy atom. The molecule has 0 amide bonds. The van der Waals surface area contributed by atoms with Gasteiger partial charge in [-0.1, -0.05) is 52.4 Å². The molecule has 0 aliphatic heterocycles. The fourth-order valence-corrected chi connectivity index (χ4v) is 2.72. The van der Waals surface area contributed by atoms with E-state index in [0.29, 0.717) is 19.4 Å². The lowest BCUT2D eigenvalue weighted by atomic mass is 10.1. The average Bonchev–Trinajstić information content (AvgIpc) is 2.66. The van der Waals surface area contributed by atoms with Gasteiger partial charge in [-0.3, -0.25) is 20.2 Å². The van der Waals surface area contributed by atoms with Crippen molar-refractivity contribution in [3.05, 3.63) is 37.9 Å². The molecule has 0 spiro atoms. The summed E-state index contributed by atoms with van der Waals surface area (Å²) in [6.45, 7) is 4.61. The standard InChI is InChI=1S/C19H29N3O6/c1-3-5-7-8-9-10-12-28-19(23)15-13-16(21(24)25)18(20-11-6-4-2)17(14-15)22(26)27/h13-14,20H,3-12H2,1-2H3. The van der Waals surface area contributed by atoms with E-state index >= 15 is 0 Å². The normalized spacial score (nSPS) is 10.5. The highest BCUT2D eigenvalue weighted by atomic mass is 16.6. The zero-order valence-corrected chi connectivity index (χ0v) is 16.6. The predicted molar refractivity (Wildman–Crippen MR) is 107 cm³/mol. The number of ether oxygens (including phenoxy) is 1. The molecular weight excluding hydrogens is 366 g/mol. The van der Waals surface area contributed by atoms with Crippen LogP contribution in [0.1, 0.15) is 75.6 Å². The van der Waals surface area contributed by atoms with Crippen molar-refractivity contribution >= 4 is 23.0 Å². The molecular formula is C19H29N3O6. The Morgan fingerprint density at radius 3 is 2.00 bits per heavy atom. The van der Waals surface area contributed by atoms with Crippen LogP contribution in [0.4, 0.5) is 17.1 Å². The van der Waals surface area contributed by atoms with E-state index in [9.17, 15) is 25.0 Å². The van der Waals surface area contributed by atoms with Gasteiger partial charge in [-0.15, -0.1) is 0 Å². The van der Waals surface area contributed by atoms with E-state index in [0.717, 1.165) is 44.2 Å². The van der Waals surface area contributed by atoms with Crippen molar-refractivity contribution < 1.29 is 19.4 Å². The van der Waals surface area contributed by atoms with Gasteiger partial charge in [-0.2, -0.15) is 0 Å². The van der Waals surface area contributed by atoms with Gasteiger partial charge in [0.1, 0.15) is 0 Å². The molecule has 0 heterocycles. The van der Waals surface area contributed by atoms with Crippen LogP contribution in [0.2, 0.25) is 0 Å². The number of carbonyl (C=O) groups excluding carboxylic acids is 1. The molecule has 0 saturated carbocycles. The molecule has 0 radical (unpaired) electrons. The lowest BCUT2D eigenvalue weighted by Crippen LogP contribution is -2.11. The third kappa shape index (κ3) is 7.50. The van der Waals surface area contributed by atoms with Gasteiger partial charge in [0.05, 0.1) is 22.0 Å². The molecule has 0 saturated heterocycles. The van der Waals surface area contributed by atoms with Gasteiger partial charge in [0.25, 0.3) is 11.4 Å². The first-order chi connectivity index (χ1) is 13.4. The molecule has 1 aromatic carbocycles. The van der Waals surface area contributed by atoms with Crippen molar-refractivity contribution in [1.29, 1.82) is 0 Å². The fraction of sp³-hybridized carbons (Fsp3) is 0.632. The number of hydrogen-bond acceptors (Lipinski definition) is 7. The number of nitrogens with one attached hydrogen (secondary N) is 1. The van der Waals surface area contributed by atoms with Gasteiger partial charge in [0.2, 0.25) is 0 Å². The van der Waals surface area contributed by atoms with E-state index in [2.05, 4.69) is 12.2 Å². The molecule has 156 valence electrons. The minimum absolute atomic E-state index is 0.184. The second-order valence-corrected chi connectivity index (χ2v) is 6.59. The quantitative estimate of drug-likeness (QED) is 0.198. The maximum atomic E-state index is 12.2. The second-order valence-electron chi connectivity index (χ2n) is 6.59. The molecule has 28 heavy (non-hydrogen) atoms. The number of unbranched alkanes of at least 4 members (excludes halogenated alkanes) is 6. The summed E-state index contributed by atoms with van der Waals surface area (Å²) in [4.78, 5) is 33.5. The molecule has 1 N–H and O–H groups in total. The minimum Gasteiger partial charge on any atom is -0.462 e. The molecule has 1 rings (SSSR count). The Morgan fingerprint density at radius 1 is 0.929 bits per heavy atom. The Labute approximate surface area is 164 Å². The monoisotopic (exact) mass is 395 g/mol. The first-order valence-corrected chi connectivity index (χ1v) is 9.80. The molecule has 0 fully saturated rings. The SMILES string of the molecule is CCCCCCCCOC(=O)c1cc([N+](=O)[O-])c(NCCCC)c([N+](=O)[O-])c1. The van der Waals surface area contributed by atoms with Crippen LogP contribution in [-0.4, -0.2) is 29.0 Å². The highest BCUT2D eigenvalue weighted by molar-refractivity contribution is 5.93. The van der Waals surface area contributed by atoms with Gasteiger partial charge < -0.3 is 10.1 Å². The number of carbonyl (C=O) groups is 1. The van der Waals surface area contributed by atoms with Crippen molar-refractivity contribution in [2.24, 2.45) is 0 Å². The van der Waals surface area contributed by atoms with Crippen molar-refractivity contribution in [3.8, 4) is 0 Å². The van der Waals surface area contributed by atoms with E-state index in [4.69, 9.17) is 4.74 Å². The highest BCUT2D eigenvalue weighted by Crippen LogP contribution is 2.36. The van der Waals surface area contributed by atoms with Crippen molar-refractivity contribution in [1.82, 2.24) is 0 Å². The van der Waals surface area contributed by atoms with Crippen LogP contribution in [-0.2, 0) is 4.74 Å². The van der Waals surface area contributed by atoms with Gasteiger partial charge in [-0.25, -0.2) is 4.79 Å². The average molecular weight is 395 g/mol. The number of nitro groups is 2. The van der Waals surface area contributed by atoms with Gasteiger partial charge in [0, 0.05) is 18.7 Å². The Kier molecular flexibility index (Phi) is 10.5. The van der Waals surface area contributed by atoms with Crippen molar-refractivity contribution in [2.75, 3.05) is 18.5 Å². The molecule has 0 bridgehead atoms. The second kappa shape index (κ2) is 12.6. The topological polar surface area (TPSA) is 125 Å². The molecule has 0 aromatic heterocycles. The fourth-order valence-electron chi connectivity index (χ4n) is 2.72. The van der Waals surface area contributed by atoms with Crippen LogP contribution in [0.25, 0.3) is 0 Å². The number of anilines is 1. The van der Waals surface area contributed by atoms with Gasteiger partial charge >= 0.3 is 5.97 Å². The zero-order chi connectivity index (χ0) is 20.9. The van der Waals surface area contributed by atoms with Gasteiger partial charge in [-0.05, 0) is 12.8 Å². The third-order valence-corrected chi connectivity index (χ3v) is 4.29. The Balaban J connectivity index is 2.86. The van der Waals surface area contributed by atoms with E-state index in [-0.39, 0.29) is 17.9 Å². The maximum absolute atomic E-state index is 12.2. The van der Waals surface area contributed by atoms with Crippen LogP contribution >= 0.6 is 0 Å². The zero-order valence-electron chi connectivity index (χ0n) is 16.6. The van der Waals surface area contributed by atoms with E-state index in [1.807, 2.05) is 6.92 Å². The van der Waals surface area contributed by atoms with Crippen LogP contribution in [0.5, 0.6) is 0 Å². The minimum atomic E-state index is -0.792. The first-order valence-electron chi connectivity index (χ1n) is 9.80. The number of rotatable bonds is 14. The molecule has 0 unspecified atom stereocenters. The van der Waals surface area contributed by atoms with E-state index in [1.165, 1.54) is 6.42 Å². The predicted octanol–water partition coefficient (Wildman–Crippen LogP) is 5.23. The summed E-state index contributed by atoms with van der Waals surface area (Å²) in [5, 5.41) is 25.5. The number of nitrogens with zero attached hydrogens (tertiary/aromatic N) is 2. The molecule has 0 aliphatic carbocycles. The molecule has 0 aliphatic rings. The summed E-state index contributed by atoms with van der Waals surface area (Å²) in [6.07, 6.45) is 7.66. The van der Waals surface area contributed by atoms with Crippen molar-refractivity contribution in [2.45, 2.75) is 65.2 Å². The Hall–Kier alpha value is -2.71. The highest BCUT2D eigenvalue weighted by Gasteiger charge is 2.28. The third-order valence-electron chi connectivity index (χ3n) is 4.29. The van der Waals surface area contributed by atoms with Crippen molar-refractivity contribution in [3.63, 3.8) is 0 Å². The lowest BCUT2D eigenvalue weighted by molar-refractivity contribution is -0.392. The number of nitro benzene ring substituents is 2. The summed E-state index contributed by atoms with van der Waals surface area (Å²) in [7, 11) is 0. The van der Waals surface area contributed by atoms with E-state index in [1.54, 1.807) is 0 Å². The van der Waals surface area contributed by atoms with E-state index < -0.39 is 27.2 Å². The molecule has 9 heteroatoms. The summed E-state index contributed by atoms with van der Waals surface area (Å²) in [5.41, 5.74) is -1.38. The van der Waals surface area contributed by atoms with Crippen LogP contribution in [0, 0.1) is 20.2 Å². The lowest BCUT2D eigenvalue weighted by Gasteiger charge is -2.10. The van der Waals surface area contributed by atoms with Crippen LogP contribution in [0.15, 0.2) is 12.1 Å². The summed E-state index contributed by atoms with van der Waals surface area (Å²) in [5.74, 6) is -0.792. The summed E-state index contributed by atoms with van der Waals surface area (Å²) < 4.78 is 5.14. The molecule has 0 atom stereocenters. The number of esters is 1. The smallest absolute Gasteiger partial charge is 0.338 e. The van der Waals surface area contributed by atoms with Crippen LogP contribution in [0.3, 0.4) is 0 Å². The Bertz CT molecular complexity index is 643. The first kappa shape index (κ1) is 23.3. The summed E-state index contributed by atoms with van der Waals surface area (Å²) >= 11 is 0. The number of benzene rings is 1. The maximum Gasteiger partial charge on any atom is 0.338 e. The van der Waals surface area contributed by atoms with Crippen LogP contribution < -0.4 is 5.32 Å². The number of hydrogen-bond donors (Lipinski definition) is 1. The van der Waals surface area contributed by atoms with Gasteiger partial charge in [0.15, 0.2) is 5.69 Å².